The van der Waals surface area contributed by atoms with Gasteiger partial charge in [0.25, 0.3) is 0 Å². The van der Waals surface area contributed by atoms with Crippen LogP contribution in [0.5, 0.6) is 17.2 Å². The first-order valence-electron chi connectivity index (χ1n) is 7.22. The molecule has 25 heavy (non-hydrogen) atoms. The maximum atomic E-state index is 9.19. The number of nitrogens with zero attached hydrogens (tertiary/aromatic N) is 1. The summed E-state index contributed by atoms with van der Waals surface area (Å²) < 4.78 is 26.1. The maximum Gasteiger partial charge on any atom is 0.329 e. The van der Waals surface area contributed by atoms with Crippen molar-refractivity contribution in [2.75, 3.05) is 54.4 Å². The van der Waals surface area contributed by atoms with Crippen LogP contribution in [0.25, 0.3) is 0 Å². The van der Waals surface area contributed by atoms with E-state index in [0.29, 0.717) is 49.2 Å². The quantitative estimate of drug-likeness (QED) is 0.581. The summed E-state index contributed by atoms with van der Waals surface area (Å²) in [5, 5.41) is 24.2. The van der Waals surface area contributed by atoms with Gasteiger partial charge in [-0.25, -0.2) is 4.79 Å². The molecule has 0 bridgehead atoms. The molecule has 0 saturated carbocycles. The number of aliphatic carboxylic acids is 1. The third-order valence-corrected chi connectivity index (χ3v) is 2.60. The molecule has 1 rings (SSSR count). The summed E-state index contributed by atoms with van der Waals surface area (Å²) in [6.45, 7) is 0.776. The van der Waals surface area contributed by atoms with Gasteiger partial charge < -0.3 is 33.9 Å². The van der Waals surface area contributed by atoms with Crippen LogP contribution in [0.2, 0.25) is 0 Å². The zero-order chi connectivity index (χ0) is 19.1. The van der Waals surface area contributed by atoms with Crippen LogP contribution in [0.1, 0.15) is 5.56 Å². The van der Waals surface area contributed by atoms with Gasteiger partial charge in [0.1, 0.15) is 37.2 Å². The lowest BCUT2D eigenvalue weighted by molar-refractivity contribution is -0.140. The number of hydrogen-bond acceptors (Lipinski definition) is 8. The van der Waals surface area contributed by atoms with E-state index >= 15 is 0 Å². The van der Waals surface area contributed by atoms with Gasteiger partial charge in [0.2, 0.25) is 0 Å². The lowest BCUT2D eigenvalue weighted by Crippen LogP contribution is -2.09. The van der Waals surface area contributed by atoms with Crippen LogP contribution in [-0.2, 0) is 14.3 Å². The fourth-order valence-corrected chi connectivity index (χ4v) is 1.50. The standard InChI is InChI=1S/C14H19NO5.C2H4O3/c1-16-4-6-19-13-9-12(18-3)8-11(10-15)14(13)20-7-5-17-2;3-1-2(4)5/h8-9H,4-7H2,1-3H3;3H,1H2,(H,4,5). The zero-order valence-corrected chi connectivity index (χ0v) is 14.5. The van der Waals surface area contributed by atoms with Crippen LogP contribution in [-0.4, -0.2) is 70.5 Å². The summed E-state index contributed by atoms with van der Waals surface area (Å²) in [4.78, 5) is 9.12. The number of aliphatic hydroxyl groups is 1. The largest absolute Gasteiger partial charge is 0.497 e. The Labute approximate surface area is 146 Å². The van der Waals surface area contributed by atoms with Gasteiger partial charge in [-0.05, 0) is 0 Å². The van der Waals surface area contributed by atoms with Crippen molar-refractivity contribution >= 4 is 5.97 Å². The smallest absolute Gasteiger partial charge is 0.329 e. The number of methoxy groups -OCH3 is 3. The molecule has 1 aromatic carbocycles. The molecule has 0 aliphatic heterocycles. The molecule has 9 nitrogen and oxygen atoms in total. The van der Waals surface area contributed by atoms with E-state index in [1.54, 1.807) is 26.4 Å². The summed E-state index contributed by atoms with van der Waals surface area (Å²) in [5.74, 6) is 0.188. The number of aliphatic hydroxyl groups excluding tert-OH is 1. The molecule has 0 amide bonds. The molecule has 0 aliphatic rings. The highest BCUT2D eigenvalue weighted by atomic mass is 16.5. The first kappa shape index (κ1) is 22.5. The summed E-state index contributed by atoms with van der Waals surface area (Å²) in [6, 6.07) is 5.35. The van der Waals surface area contributed by atoms with E-state index in [9.17, 15) is 5.26 Å². The van der Waals surface area contributed by atoms with Crippen molar-refractivity contribution in [1.29, 1.82) is 5.26 Å². The number of carboxylic acids is 1. The first-order chi connectivity index (χ1) is 12.0. The highest BCUT2D eigenvalue weighted by molar-refractivity contribution is 5.67. The zero-order valence-electron chi connectivity index (χ0n) is 14.5. The lowest BCUT2D eigenvalue weighted by Gasteiger charge is -2.15. The van der Waals surface area contributed by atoms with Gasteiger partial charge in [0, 0.05) is 26.4 Å². The van der Waals surface area contributed by atoms with Gasteiger partial charge in [-0.3, -0.25) is 0 Å². The normalized spacial score (nSPS) is 9.40. The maximum absolute atomic E-state index is 9.19. The topological polar surface area (TPSA) is 127 Å². The lowest BCUT2D eigenvalue weighted by atomic mass is 10.2. The Morgan fingerprint density at radius 1 is 1.08 bits per heavy atom. The van der Waals surface area contributed by atoms with Gasteiger partial charge in [-0.15, -0.1) is 0 Å². The predicted octanol–water partition coefficient (Wildman–Crippen LogP) is 0.681. The number of benzene rings is 1. The number of rotatable bonds is 10. The number of ether oxygens (including phenoxy) is 5. The fourth-order valence-electron chi connectivity index (χ4n) is 1.50. The first-order valence-corrected chi connectivity index (χ1v) is 7.22. The van der Waals surface area contributed by atoms with Crippen molar-refractivity contribution in [3.8, 4) is 23.3 Å². The summed E-state index contributed by atoms with van der Waals surface area (Å²) in [7, 11) is 4.70. The van der Waals surface area contributed by atoms with Crippen molar-refractivity contribution in [2.45, 2.75) is 0 Å². The van der Waals surface area contributed by atoms with Gasteiger partial charge in [0.15, 0.2) is 11.5 Å². The average Bonchev–Trinajstić information content (AvgIpc) is 2.63. The number of carbonyl (C=O) groups is 1. The molecule has 0 spiro atoms. The van der Waals surface area contributed by atoms with Crippen LogP contribution in [0.3, 0.4) is 0 Å². The van der Waals surface area contributed by atoms with Crippen LogP contribution < -0.4 is 14.2 Å². The molecule has 2 N–H and O–H groups in total. The molecule has 0 radical (unpaired) electrons. The van der Waals surface area contributed by atoms with Crippen LogP contribution >= 0.6 is 0 Å². The second kappa shape index (κ2) is 13.9. The molecule has 0 unspecified atom stereocenters. The number of nitriles is 1. The van der Waals surface area contributed by atoms with E-state index in [2.05, 4.69) is 6.07 Å². The Morgan fingerprint density at radius 3 is 2.08 bits per heavy atom. The van der Waals surface area contributed by atoms with Gasteiger partial charge in [-0.1, -0.05) is 0 Å². The fraction of sp³-hybridized carbons (Fsp3) is 0.500. The molecule has 1 aromatic rings. The van der Waals surface area contributed by atoms with Crippen LogP contribution in [0.15, 0.2) is 12.1 Å². The van der Waals surface area contributed by atoms with Crippen molar-refractivity contribution < 1.29 is 38.7 Å². The molecule has 140 valence electrons. The van der Waals surface area contributed by atoms with E-state index in [0.717, 1.165) is 0 Å². The Morgan fingerprint density at radius 2 is 1.64 bits per heavy atom. The van der Waals surface area contributed by atoms with Gasteiger partial charge in [0.05, 0.1) is 20.3 Å². The summed E-state index contributed by atoms with van der Waals surface area (Å²) >= 11 is 0. The molecule has 0 heterocycles. The van der Waals surface area contributed by atoms with Crippen molar-refractivity contribution in [2.24, 2.45) is 0 Å². The number of carboxylic acid groups (broad SMARTS) is 1. The predicted molar refractivity (Wildman–Crippen MR) is 87.2 cm³/mol. The van der Waals surface area contributed by atoms with E-state index in [4.69, 9.17) is 38.7 Å². The van der Waals surface area contributed by atoms with Crippen LogP contribution in [0.4, 0.5) is 0 Å². The Bertz CT molecular complexity index is 556. The minimum atomic E-state index is -1.19. The molecule has 0 fully saturated rings. The highest BCUT2D eigenvalue weighted by Gasteiger charge is 2.14. The molecule has 9 heteroatoms. The number of hydrogen-bond donors (Lipinski definition) is 2. The molecule has 0 aromatic heterocycles. The SMILES string of the molecule is COCCOc1cc(OC)cc(C#N)c1OCCOC.O=C(O)CO. The van der Waals surface area contributed by atoms with E-state index < -0.39 is 12.6 Å². The summed E-state index contributed by atoms with van der Waals surface area (Å²) in [5.41, 5.74) is 0.355. The van der Waals surface area contributed by atoms with Crippen LogP contribution in [0, 0.1) is 11.3 Å². The Hall–Kier alpha value is -2.54. The van der Waals surface area contributed by atoms with Crippen molar-refractivity contribution in [1.82, 2.24) is 0 Å². The Kier molecular flexibility index (Phi) is 12.5. The van der Waals surface area contributed by atoms with E-state index in [1.165, 1.54) is 7.11 Å². The van der Waals surface area contributed by atoms with Crippen molar-refractivity contribution in [3.63, 3.8) is 0 Å². The molecule has 0 aliphatic carbocycles. The van der Waals surface area contributed by atoms with Crippen molar-refractivity contribution in [3.05, 3.63) is 17.7 Å². The minimum absolute atomic E-state index is 0.331. The highest BCUT2D eigenvalue weighted by Crippen LogP contribution is 2.35. The second-order valence-electron chi connectivity index (χ2n) is 4.35. The molecular formula is C16H23NO8. The Balaban J connectivity index is 0.00000101. The monoisotopic (exact) mass is 357 g/mol. The van der Waals surface area contributed by atoms with Gasteiger partial charge in [-0.2, -0.15) is 5.26 Å². The molecule has 0 saturated heterocycles. The van der Waals surface area contributed by atoms with Gasteiger partial charge >= 0.3 is 5.97 Å². The average molecular weight is 357 g/mol. The third-order valence-electron chi connectivity index (χ3n) is 2.60. The molecule has 0 atom stereocenters. The van der Waals surface area contributed by atoms with E-state index in [1.807, 2.05) is 0 Å². The third kappa shape index (κ3) is 9.36. The minimum Gasteiger partial charge on any atom is -0.497 e. The second-order valence-corrected chi connectivity index (χ2v) is 4.35. The molecular weight excluding hydrogens is 334 g/mol. The van der Waals surface area contributed by atoms with E-state index in [-0.39, 0.29) is 0 Å². The summed E-state index contributed by atoms with van der Waals surface area (Å²) in [6.07, 6.45) is 0.